The lowest BCUT2D eigenvalue weighted by Crippen LogP contribution is -2.32. The summed E-state index contributed by atoms with van der Waals surface area (Å²) in [4.78, 5) is 0. The van der Waals surface area contributed by atoms with E-state index < -0.39 is 10.0 Å². The van der Waals surface area contributed by atoms with Crippen LogP contribution in [0, 0.1) is 0 Å². The molecule has 1 saturated heterocycles. The lowest BCUT2D eigenvalue weighted by Gasteiger charge is -2.18. The van der Waals surface area contributed by atoms with Crippen LogP contribution in [0.3, 0.4) is 0 Å². The molecule has 0 radical (unpaired) electrons. The molecule has 0 saturated carbocycles. The lowest BCUT2D eigenvalue weighted by atomic mass is 10.1. The molecule has 1 aromatic carbocycles. The number of nitrogens with zero attached hydrogens (tertiary/aromatic N) is 1. The van der Waals surface area contributed by atoms with E-state index in [1.54, 1.807) is 16.4 Å². The van der Waals surface area contributed by atoms with Crippen LogP contribution in [0.25, 0.3) is 0 Å². The van der Waals surface area contributed by atoms with Crippen molar-refractivity contribution >= 4 is 33.1 Å². The quantitative estimate of drug-likeness (QED) is 0.857. The van der Waals surface area contributed by atoms with Crippen molar-refractivity contribution in [2.45, 2.75) is 15.9 Å². The van der Waals surface area contributed by atoms with Crippen molar-refractivity contribution in [3.8, 4) is 0 Å². The van der Waals surface area contributed by atoms with Crippen LogP contribution in [0.15, 0.2) is 52.1 Å². The second-order valence-corrected chi connectivity index (χ2v) is 9.32. The van der Waals surface area contributed by atoms with Crippen molar-refractivity contribution in [1.29, 1.82) is 0 Å². The van der Waals surface area contributed by atoms with E-state index in [2.05, 4.69) is 12.1 Å². The molecule has 0 spiro atoms. The van der Waals surface area contributed by atoms with Crippen LogP contribution in [0.2, 0.25) is 0 Å². The Morgan fingerprint density at radius 2 is 1.86 bits per heavy atom. The maximum Gasteiger partial charge on any atom is 0.252 e. The van der Waals surface area contributed by atoms with Crippen LogP contribution in [0.5, 0.6) is 0 Å². The fourth-order valence-electron chi connectivity index (χ4n) is 2.46. The fraction of sp³-hybridized carbons (Fsp3) is 0.333. The molecule has 2 heterocycles. The Balaban J connectivity index is 1.75. The molecule has 1 aromatic heterocycles. The third-order valence-corrected chi connectivity index (χ3v) is 8.16. The Morgan fingerprint density at radius 1 is 1.05 bits per heavy atom. The second kappa shape index (κ2) is 6.52. The molecule has 0 aliphatic carbocycles. The van der Waals surface area contributed by atoms with Gasteiger partial charge in [-0.05, 0) is 23.4 Å². The van der Waals surface area contributed by atoms with Gasteiger partial charge in [0.15, 0.2) is 0 Å². The van der Waals surface area contributed by atoms with Crippen LogP contribution in [-0.2, 0) is 10.0 Å². The zero-order valence-corrected chi connectivity index (χ0v) is 14.0. The summed E-state index contributed by atoms with van der Waals surface area (Å²) in [5.41, 5.74) is 1.29. The molecule has 1 aliphatic rings. The summed E-state index contributed by atoms with van der Waals surface area (Å²) in [6, 6.07) is 13.8. The molecule has 3 nitrogen and oxygen atoms in total. The van der Waals surface area contributed by atoms with Gasteiger partial charge in [0, 0.05) is 24.1 Å². The van der Waals surface area contributed by atoms with Gasteiger partial charge in [0.2, 0.25) is 0 Å². The monoisotopic (exact) mass is 339 g/mol. The molecule has 0 amide bonds. The summed E-state index contributed by atoms with van der Waals surface area (Å²) < 4.78 is 27.2. The van der Waals surface area contributed by atoms with Gasteiger partial charge >= 0.3 is 0 Å². The lowest BCUT2D eigenvalue weighted by molar-refractivity contribution is 0.429. The number of thiophene rings is 1. The van der Waals surface area contributed by atoms with E-state index in [9.17, 15) is 8.42 Å². The third-order valence-electron chi connectivity index (χ3n) is 3.56. The van der Waals surface area contributed by atoms with E-state index in [0.29, 0.717) is 22.5 Å². The smallest absolute Gasteiger partial charge is 0.206 e. The molecule has 0 unspecified atom stereocenters. The van der Waals surface area contributed by atoms with E-state index in [0.717, 1.165) is 12.2 Å². The second-order valence-electron chi connectivity index (χ2n) is 4.89. The van der Waals surface area contributed by atoms with Gasteiger partial charge in [-0.2, -0.15) is 16.1 Å². The summed E-state index contributed by atoms with van der Waals surface area (Å²) in [5, 5.41) is 2.20. The van der Waals surface area contributed by atoms with Crippen LogP contribution >= 0.6 is 23.1 Å². The first-order chi connectivity index (χ1) is 10.2. The maximum absolute atomic E-state index is 12.6. The minimum atomic E-state index is -3.31. The predicted molar refractivity (Wildman–Crippen MR) is 89.3 cm³/mol. The SMILES string of the molecule is O=S(=O)(c1cccs1)N1CCS[C@H](c2ccccc2)CC1. The summed E-state index contributed by atoms with van der Waals surface area (Å²) in [7, 11) is -3.31. The number of hydrogen-bond donors (Lipinski definition) is 0. The largest absolute Gasteiger partial charge is 0.252 e. The average Bonchev–Trinajstić information content (AvgIpc) is 2.93. The standard InChI is InChI=1S/C15H17NO2S3/c17-21(18,15-7-4-11-20-15)16-9-8-14(19-12-10-16)13-5-2-1-3-6-13/h1-7,11,14H,8-10,12H2/t14-/m0/s1. The Kier molecular flexibility index (Phi) is 4.69. The number of sulfonamides is 1. The highest BCUT2D eigenvalue weighted by molar-refractivity contribution is 7.99. The molecule has 6 heteroatoms. The van der Waals surface area contributed by atoms with Crippen LogP contribution in [0.4, 0.5) is 0 Å². The highest BCUT2D eigenvalue weighted by Crippen LogP contribution is 2.35. The molecule has 2 aromatic rings. The van der Waals surface area contributed by atoms with E-state index in [1.165, 1.54) is 16.9 Å². The van der Waals surface area contributed by atoms with Gasteiger partial charge in [0.25, 0.3) is 10.0 Å². The van der Waals surface area contributed by atoms with Crippen molar-refractivity contribution < 1.29 is 8.42 Å². The first kappa shape index (κ1) is 15.1. The molecular formula is C15H17NO2S3. The molecule has 21 heavy (non-hydrogen) atoms. The maximum atomic E-state index is 12.6. The number of hydrogen-bond acceptors (Lipinski definition) is 4. The van der Waals surface area contributed by atoms with Crippen LogP contribution in [-0.4, -0.2) is 31.6 Å². The summed E-state index contributed by atoms with van der Waals surface area (Å²) in [6.07, 6.45) is 0.860. The van der Waals surface area contributed by atoms with Gasteiger partial charge in [0.1, 0.15) is 4.21 Å². The average molecular weight is 340 g/mol. The number of thioether (sulfide) groups is 1. The molecule has 3 rings (SSSR count). The van der Waals surface area contributed by atoms with Crippen molar-refractivity contribution in [3.05, 3.63) is 53.4 Å². The van der Waals surface area contributed by atoms with E-state index in [1.807, 2.05) is 35.3 Å². The minimum absolute atomic E-state index is 0.384. The normalized spacial score (nSPS) is 21.0. The highest BCUT2D eigenvalue weighted by atomic mass is 32.2. The predicted octanol–water partition coefficient (Wildman–Crippen LogP) is 3.62. The first-order valence-corrected chi connectivity index (χ1v) is 10.2. The third kappa shape index (κ3) is 3.34. The molecule has 0 N–H and O–H groups in total. The fourth-order valence-corrected chi connectivity index (χ4v) is 6.41. The Labute approximate surface area is 134 Å². The number of benzene rings is 1. The van der Waals surface area contributed by atoms with Gasteiger partial charge in [-0.25, -0.2) is 8.42 Å². The van der Waals surface area contributed by atoms with Gasteiger partial charge < -0.3 is 0 Å². The van der Waals surface area contributed by atoms with Crippen LogP contribution in [0.1, 0.15) is 17.2 Å². The molecule has 0 bridgehead atoms. The minimum Gasteiger partial charge on any atom is -0.206 e. The molecule has 1 fully saturated rings. The van der Waals surface area contributed by atoms with Gasteiger partial charge in [-0.3, -0.25) is 0 Å². The molecular weight excluding hydrogens is 322 g/mol. The summed E-state index contributed by atoms with van der Waals surface area (Å²) in [6.45, 7) is 1.18. The van der Waals surface area contributed by atoms with Crippen LogP contribution < -0.4 is 0 Å². The Hall–Kier alpha value is -0.820. The molecule has 1 aliphatic heterocycles. The van der Waals surface area contributed by atoms with Gasteiger partial charge in [0.05, 0.1) is 0 Å². The Morgan fingerprint density at radius 3 is 2.57 bits per heavy atom. The van der Waals surface area contributed by atoms with Crippen molar-refractivity contribution in [2.75, 3.05) is 18.8 Å². The first-order valence-electron chi connectivity index (χ1n) is 6.88. The highest BCUT2D eigenvalue weighted by Gasteiger charge is 2.28. The van der Waals surface area contributed by atoms with Gasteiger partial charge in [-0.15, -0.1) is 11.3 Å². The summed E-state index contributed by atoms with van der Waals surface area (Å²) in [5.74, 6) is 0.837. The number of rotatable bonds is 3. The molecule has 112 valence electrons. The van der Waals surface area contributed by atoms with E-state index in [4.69, 9.17) is 0 Å². The van der Waals surface area contributed by atoms with Crippen molar-refractivity contribution in [3.63, 3.8) is 0 Å². The topological polar surface area (TPSA) is 37.4 Å². The van der Waals surface area contributed by atoms with E-state index in [-0.39, 0.29) is 0 Å². The zero-order valence-electron chi connectivity index (χ0n) is 11.5. The van der Waals surface area contributed by atoms with Gasteiger partial charge in [-0.1, -0.05) is 36.4 Å². The molecule has 1 atom stereocenters. The van der Waals surface area contributed by atoms with Crippen molar-refractivity contribution in [2.24, 2.45) is 0 Å². The Bertz CT molecular complexity index is 668. The zero-order chi connectivity index (χ0) is 14.7. The van der Waals surface area contributed by atoms with Crippen molar-refractivity contribution in [1.82, 2.24) is 4.31 Å². The summed E-state index contributed by atoms with van der Waals surface area (Å²) >= 11 is 3.14. The van der Waals surface area contributed by atoms with E-state index >= 15 is 0 Å².